The summed E-state index contributed by atoms with van der Waals surface area (Å²) in [7, 11) is 0. The molecule has 0 saturated carbocycles. The van der Waals surface area contributed by atoms with Gasteiger partial charge in [0.1, 0.15) is 11.9 Å². The fourth-order valence-electron chi connectivity index (χ4n) is 1.52. The summed E-state index contributed by atoms with van der Waals surface area (Å²) in [5, 5.41) is 9.96. The van der Waals surface area contributed by atoms with Crippen molar-refractivity contribution in [3.63, 3.8) is 0 Å². The molecule has 1 unspecified atom stereocenters. The number of hydrogen-bond donors (Lipinski definition) is 1. The molecule has 0 bridgehead atoms. The molecule has 15 heavy (non-hydrogen) atoms. The molecular formula is C12H11FO2. The van der Waals surface area contributed by atoms with Gasteiger partial charge >= 0.3 is 0 Å². The Bertz CT molecular complexity index is 449. The maximum Gasteiger partial charge on any atom is 0.123 e. The van der Waals surface area contributed by atoms with Gasteiger partial charge in [0.25, 0.3) is 0 Å². The van der Waals surface area contributed by atoms with E-state index in [0.717, 1.165) is 5.56 Å². The van der Waals surface area contributed by atoms with Crippen molar-refractivity contribution in [1.29, 1.82) is 0 Å². The van der Waals surface area contributed by atoms with Crippen LogP contribution in [0.15, 0.2) is 41.2 Å². The van der Waals surface area contributed by atoms with Crippen molar-refractivity contribution in [2.45, 2.75) is 13.0 Å². The molecule has 0 radical (unpaired) electrons. The summed E-state index contributed by atoms with van der Waals surface area (Å²) >= 11 is 0. The molecule has 0 aliphatic rings. The van der Waals surface area contributed by atoms with Crippen LogP contribution in [0.4, 0.5) is 4.39 Å². The van der Waals surface area contributed by atoms with Crippen LogP contribution >= 0.6 is 0 Å². The van der Waals surface area contributed by atoms with Crippen molar-refractivity contribution >= 4 is 0 Å². The van der Waals surface area contributed by atoms with Gasteiger partial charge in [-0.3, -0.25) is 0 Å². The van der Waals surface area contributed by atoms with Crippen molar-refractivity contribution in [2.75, 3.05) is 0 Å². The number of hydrogen-bond acceptors (Lipinski definition) is 2. The molecule has 1 atom stereocenters. The van der Waals surface area contributed by atoms with Crippen LogP contribution in [0, 0.1) is 12.7 Å². The maximum atomic E-state index is 13.0. The monoisotopic (exact) mass is 206 g/mol. The number of benzene rings is 1. The number of aliphatic hydroxyl groups excluding tert-OH is 1. The molecule has 0 spiro atoms. The Hall–Kier alpha value is -1.61. The predicted octanol–water partition coefficient (Wildman–Crippen LogP) is 2.81. The SMILES string of the molecule is Cc1ccc(F)cc1C(O)c1ccoc1. The first-order chi connectivity index (χ1) is 7.18. The lowest BCUT2D eigenvalue weighted by Crippen LogP contribution is -2.01. The van der Waals surface area contributed by atoms with Crippen LogP contribution in [-0.2, 0) is 0 Å². The van der Waals surface area contributed by atoms with Crippen LogP contribution in [-0.4, -0.2) is 5.11 Å². The van der Waals surface area contributed by atoms with Gasteiger partial charge in [-0.25, -0.2) is 4.39 Å². The summed E-state index contributed by atoms with van der Waals surface area (Å²) < 4.78 is 17.9. The lowest BCUT2D eigenvalue weighted by atomic mass is 9.99. The maximum absolute atomic E-state index is 13.0. The van der Waals surface area contributed by atoms with Crippen LogP contribution in [0.25, 0.3) is 0 Å². The Labute approximate surface area is 87.0 Å². The third-order valence-corrected chi connectivity index (χ3v) is 2.39. The fraction of sp³-hybridized carbons (Fsp3) is 0.167. The van der Waals surface area contributed by atoms with Crippen molar-refractivity contribution in [1.82, 2.24) is 0 Å². The Morgan fingerprint density at radius 2 is 2.13 bits per heavy atom. The van der Waals surface area contributed by atoms with Gasteiger partial charge in [0.2, 0.25) is 0 Å². The molecule has 1 N–H and O–H groups in total. The summed E-state index contributed by atoms with van der Waals surface area (Å²) in [5.74, 6) is -0.349. The zero-order valence-electron chi connectivity index (χ0n) is 8.27. The summed E-state index contributed by atoms with van der Waals surface area (Å²) in [6.07, 6.45) is 2.10. The van der Waals surface area contributed by atoms with Gasteiger partial charge in [-0.15, -0.1) is 0 Å². The quantitative estimate of drug-likeness (QED) is 0.819. The molecule has 78 valence electrons. The van der Waals surface area contributed by atoms with E-state index in [1.54, 1.807) is 12.1 Å². The van der Waals surface area contributed by atoms with E-state index < -0.39 is 6.10 Å². The van der Waals surface area contributed by atoms with Crippen molar-refractivity contribution in [2.24, 2.45) is 0 Å². The fourth-order valence-corrected chi connectivity index (χ4v) is 1.52. The molecule has 1 aromatic heterocycles. The number of halogens is 1. The molecule has 1 heterocycles. The van der Waals surface area contributed by atoms with Gasteiger partial charge in [-0.2, -0.15) is 0 Å². The molecule has 2 nitrogen and oxygen atoms in total. The number of rotatable bonds is 2. The summed E-state index contributed by atoms with van der Waals surface area (Å²) in [6.45, 7) is 1.83. The van der Waals surface area contributed by atoms with E-state index in [1.807, 2.05) is 6.92 Å². The van der Waals surface area contributed by atoms with E-state index in [1.165, 1.54) is 24.7 Å². The molecule has 1 aromatic carbocycles. The summed E-state index contributed by atoms with van der Waals surface area (Å²) in [4.78, 5) is 0. The smallest absolute Gasteiger partial charge is 0.123 e. The Morgan fingerprint density at radius 3 is 2.80 bits per heavy atom. The second kappa shape index (κ2) is 3.87. The third-order valence-electron chi connectivity index (χ3n) is 2.39. The number of furan rings is 1. The number of aliphatic hydroxyl groups is 1. The topological polar surface area (TPSA) is 33.4 Å². The minimum atomic E-state index is -0.834. The molecule has 0 aliphatic carbocycles. The van der Waals surface area contributed by atoms with Crippen LogP contribution in [0.2, 0.25) is 0 Å². The molecule has 0 aliphatic heterocycles. The van der Waals surface area contributed by atoms with Gasteiger partial charge < -0.3 is 9.52 Å². The molecule has 0 amide bonds. The lowest BCUT2D eigenvalue weighted by molar-refractivity contribution is 0.218. The van der Waals surface area contributed by atoms with E-state index in [9.17, 15) is 9.50 Å². The minimum absolute atomic E-state index is 0.349. The predicted molar refractivity (Wildman–Crippen MR) is 53.9 cm³/mol. The van der Waals surface area contributed by atoms with E-state index >= 15 is 0 Å². The van der Waals surface area contributed by atoms with Crippen LogP contribution < -0.4 is 0 Å². The Kier molecular flexibility index (Phi) is 2.56. The van der Waals surface area contributed by atoms with Crippen LogP contribution in [0.5, 0.6) is 0 Å². The second-order valence-electron chi connectivity index (χ2n) is 3.46. The zero-order chi connectivity index (χ0) is 10.8. The first kappa shape index (κ1) is 9.93. The molecule has 2 aromatic rings. The van der Waals surface area contributed by atoms with Crippen molar-refractivity contribution in [3.8, 4) is 0 Å². The molecule has 2 rings (SSSR count). The lowest BCUT2D eigenvalue weighted by Gasteiger charge is -2.11. The minimum Gasteiger partial charge on any atom is -0.472 e. The van der Waals surface area contributed by atoms with Crippen LogP contribution in [0.1, 0.15) is 22.8 Å². The van der Waals surface area contributed by atoms with E-state index in [0.29, 0.717) is 11.1 Å². The second-order valence-corrected chi connectivity index (χ2v) is 3.46. The van der Waals surface area contributed by atoms with E-state index in [-0.39, 0.29) is 5.82 Å². The van der Waals surface area contributed by atoms with E-state index in [4.69, 9.17) is 4.42 Å². The third kappa shape index (κ3) is 1.92. The largest absolute Gasteiger partial charge is 0.472 e. The molecule has 3 heteroatoms. The van der Waals surface area contributed by atoms with E-state index in [2.05, 4.69) is 0 Å². The molecule has 0 fully saturated rings. The zero-order valence-corrected chi connectivity index (χ0v) is 8.27. The highest BCUT2D eigenvalue weighted by Gasteiger charge is 2.14. The Balaban J connectivity index is 2.41. The van der Waals surface area contributed by atoms with Gasteiger partial charge in [0.15, 0.2) is 0 Å². The average Bonchev–Trinajstić information content (AvgIpc) is 2.74. The van der Waals surface area contributed by atoms with Crippen molar-refractivity contribution < 1.29 is 13.9 Å². The van der Waals surface area contributed by atoms with Crippen LogP contribution in [0.3, 0.4) is 0 Å². The summed E-state index contributed by atoms with van der Waals surface area (Å²) in [6, 6.07) is 6.02. The Morgan fingerprint density at radius 1 is 1.33 bits per heavy atom. The molecular weight excluding hydrogens is 195 g/mol. The standard InChI is InChI=1S/C12H11FO2/c1-8-2-3-10(13)6-11(8)12(14)9-4-5-15-7-9/h2-7,12,14H,1H3. The summed E-state index contributed by atoms with van der Waals surface area (Å²) in [5.41, 5.74) is 2.05. The van der Waals surface area contributed by atoms with Gasteiger partial charge in [-0.1, -0.05) is 6.07 Å². The van der Waals surface area contributed by atoms with Crippen molar-refractivity contribution in [3.05, 3.63) is 59.3 Å². The van der Waals surface area contributed by atoms with Gasteiger partial charge in [0.05, 0.1) is 12.5 Å². The highest BCUT2D eigenvalue weighted by molar-refractivity contribution is 5.34. The number of aryl methyl sites for hydroxylation is 1. The highest BCUT2D eigenvalue weighted by Crippen LogP contribution is 2.25. The highest BCUT2D eigenvalue weighted by atomic mass is 19.1. The first-order valence-corrected chi connectivity index (χ1v) is 4.64. The average molecular weight is 206 g/mol. The normalized spacial score (nSPS) is 12.7. The molecule has 0 saturated heterocycles. The van der Waals surface area contributed by atoms with Gasteiger partial charge in [0, 0.05) is 5.56 Å². The first-order valence-electron chi connectivity index (χ1n) is 4.64. The van der Waals surface area contributed by atoms with Gasteiger partial charge in [-0.05, 0) is 36.2 Å².